The Morgan fingerprint density at radius 3 is 2.19 bits per heavy atom. The molecular weight excluding hydrogens is 260 g/mol. The molecule has 0 saturated carbocycles. The first kappa shape index (κ1) is 15.3. The lowest BCUT2D eigenvalue weighted by molar-refractivity contribution is 0.285. The summed E-state index contributed by atoms with van der Waals surface area (Å²) in [6.07, 6.45) is 9.65. The molecule has 1 N–H and O–H groups in total. The van der Waals surface area contributed by atoms with Crippen molar-refractivity contribution in [3.63, 3.8) is 0 Å². The number of anilines is 1. The summed E-state index contributed by atoms with van der Waals surface area (Å²) in [5.41, 5.74) is 3.53. The van der Waals surface area contributed by atoms with E-state index in [9.17, 15) is 0 Å². The fraction of sp³-hybridized carbons (Fsp3) is 0.278. The van der Waals surface area contributed by atoms with Crippen molar-refractivity contribution in [1.82, 2.24) is 4.98 Å². The average Bonchev–Trinajstić information content (AvgIpc) is 2.54. The molecule has 3 heteroatoms. The smallest absolute Gasteiger partial charge is 0.0431 e. The van der Waals surface area contributed by atoms with Gasteiger partial charge in [0.2, 0.25) is 0 Å². The van der Waals surface area contributed by atoms with Gasteiger partial charge in [0.25, 0.3) is 0 Å². The van der Waals surface area contributed by atoms with Gasteiger partial charge in [-0.1, -0.05) is 24.3 Å². The van der Waals surface area contributed by atoms with Crippen LogP contribution in [0.1, 0.15) is 24.0 Å². The van der Waals surface area contributed by atoms with Gasteiger partial charge >= 0.3 is 0 Å². The first-order valence-electron chi connectivity index (χ1n) is 7.30. The monoisotopic (exact) mass is 282 g/mol. The Balaban J connectivity index is 1.94. The van der Waals surface area contributed by atoms with Crippen LogP contribution >= 0.6 is 0 Å². The van der Waals surface area contributed by atoms with Crippen LogP contribution in [0.4, 0.5) is 5.69 Å². The molecule has 0 fully saturated rings. The summed E-state index contributed by atoms with van der Waals surface area (Å²) >= 11 is 0. The molecule has 0 aliphatic carbocycles. The zero-order chi connectivity index (χ0) is 14.9. The van der Waals surface area contributed by atoms with Gasteiger partial charge in [-0.25, -0.2) is 0 Å². The van der Waals surface area contributed by atoms with Gasteiger partial charge in [0, 0.05) is 38.3 Å². The molecule has 1 aromatic carbocycles. The molecule has 1 heterocycles. The Morgan fingerprint density at radius 2 is 1.57 bits per heavy atom. The van der Waals surface area contributed by atoms with Crippen LogP contribution in [0.25, 0.3) is 12.2 Å². The van der Waals surface area contributed by atoms with Gasteiger partial charge in [-0.05, 0) is 48.2 Å². The van der Waals surface area contributed by atoms with E-state index < -0.39 is 0 Å². The van der Waals surface area contributed by atoms with E-state index in [-0.39, 0.29) is 6.61 Å². The molecule has 0 saturated heterocycles. The van der Waals surface area contributed by atoms with E-state index >= 15 is 0 Å². The minimum atomic E-state index is 0.270. The zero-order valence-corrected chi connectivity index (χ0v) is 12.4. The summed E-state index contributed by atoms with van der Waals surface area (Å²) in [6.45, 7) is 1.24. The zero-order valence-electron chi connectivity index (χ0n) is 12.4. The van der Waals surface area contributed by atoms with Crippen molar-refractivity contribution in [3.8, 4) is 0 Å². The molecule has 0 aliphatic rings. The maximum Gasteiger partial charge on any atom is 0.0431 e. The number of aromatic nitrogens is 1. The minimum Gasteiger partial charge on any atom is -0.396 e. The van der Waals surface area contributed by atoms with Crippen molar-refractivity contribution in [2.24, 2.45) is 0 Å². The Hall–Kier alpha value is -2.13. The quantitative estimate of drug-likeness (QED) is 0.790. The maximum absolute atomic E-state index is 8.81. The fourth-order valence-electron chi connectivity index (χ4n) is 2.10. The summed E-state index contributed by atoms with van der Waals surface area (Å²) in [4.78, 5) is 6.22. The van der Waals surface area contributed by atoms with E-state index in [2.05, 4.69) is 53.3 Å². The second kappa shape index (κ2) is 8.22. The van der Waals surface area contributed by atoms with Gasteiger partial charge < -0.3 is 10.0 Å². The highest BCUT2D eigenvalue weighted by Crippen LogP contribution is 2.16. The number of hydrogen-bond donors (Lipinski definition) is 1. The number of aliphatic hydroxyl groups is 1. The summed E-state index contributed by atoms with van der Waals surface area (Å²) in [6, 6.07) is 12.5. The van der Waals surface area contributed by atoms with Gasteiger partial charge in [0.1, 0.15) is 0 Å². The van der Waals surface area contributed by atoms with Gasteiger partial charge in [0.15, 0.2) is 0 Å². The molecule has 3 nitrogen and oxygen atoms in total. The number of pyridine rings is 1. The number of nitrogens with zero attached hydrogens (tertiary/aromatic N) is 2. The summed E-state index contributed by atoms with van der Waals surface area (Å²) in [5.74, 6) is 0. The highest BCUT2D eigenvalue weighted by molar-refractivity contribution is 5.70. The second-order valence-electron chi connectivity index (χ2n) is 5.06. The van der Waals surface area contributed by atoms with E-state index in [0.717, 1.165) is 24.9 Å². The van der Waals surface area contributed by atoms with Crippen molar-refractivity contribution in [3.05, 3.63) is 59.9 Å². The lowest BCUT2D eigenvalue weighted by Crippen LogP contribution is -2.18. The van der Waals surface area contributed by atoms with Crippen molar-refractivity contribution >= 4 is 17.8 Å². The molecule has 110 valence electrons. The third-order valence-corrected chi connectivity index (χ3v) is 3.41. The lowest BCUT2D eigenvalue weighted by Gasteiger charge is -2.19. The minimum absolute atomic E-state index is 0.270. The highest BCUT2D eigenvalue weighted by Gasteiger charge is 1.99. The maximum atomic E-state index is 8.81. The standard InChI is InChI=1S/C18H22N2O/c1-20(14-2-3-15-21)18-8-6-16(7-9-18)4-5-17-10-12-19-13-11-17/h4-13,21H,2-3,14-15H2,1H3/b5-4+. The molecule has 2 rings (SSSR count). The topological polar surface area (TPSA) is 36.4 Å². The molecule has 2 aromatic rings. The first-order valence-corrected chi connectivity index (χ1v) is 7.30. The summed E-state index contributed by atoms with van der Waals surface area (Å²) in [7, 11) is 2.08. The summed E-state index contributed by atoms with van der Waals surface area (Å²) < 4.78 is 0. The molecule has 1 aromatic heterocycles. The van der Waals surface area contributed by atoms with Crippen LogP contribution in [-0.2, 0) is 0 Å². The number of aliphatic hydroxyl groups excluding tert-OH is 1. The molecular formula is C18H22N2O. The van der Waals surface area contributed by atoms with E-state index in [0.29, 0.717) is 0 Å². The van der Waals surface area contributed by atoms with Crippen molar-refractivity contribution in [2.45, 2.75) is 12.8 Å². The van der Waals surface area contributed by atoms with Crippen LogP contribution in [0.2, 0.25) is 0 Å². The Kier molecular flexibility index (Phi) is 5.98. The van der Waals surface area contributed by atoms with E-state index in [4.69, 9.17) is 5.11 Å². The normalized spacial score (nSPS) is 11.0. The van der Waals surface area contributed by atoms with Crippen LogP contribution in [-0.4, -0.2) is 30.3 Å². The third-order valence-electron chi connectivity index (χ3n) is 3.41. The predicted molar refractivity (Wildman–Crippen MR) is 89.2 cm³/mol. The number of rotatable bonds is 7. The van der Waals surface area contributed by atoms with Gasteiger partial charge in [0.05, 0.1) is 0 Å². The Morgan fingerprint density at radius 1 is 0.952 bits per heavy atom. The van der Waals surface area contributed by atoms with Crippen LogP contribution in [0, 0.1) is 0 Å². The number of unbranched alkanes of at least 4 members (excludes halogenated alkanes) is 1. The van der Waals surface area contributed by atoms with Crippen LogP contribution in [0.15, 0.2) is 48.8 Å². The second-order valence-corrected chi connectivity index (χ2v) is 5.06. The van der Waals surface area contributed by atoms with E-state index in [1.165, 1.54) is 11.3 Å². The van der Waals surface area contributed by atoms with Gasteiger partial charge in [-0.2, -0.15) is 0 Å². The van der Waals surface area contributed by atoms with Crippen LogP contribution < -0.4 is 4.90 Å². The molecule has 0 atom stereocenters. The van der Waals surface area contributed by atoms with Crippen molar-refractivity contribution in [1.29, 1.82) is 0 Å². The largest absolute Gasteiger partial charge is 0.396 e. The third kappa shape index (κ3) is 5.04. The van der Waals surface area contributed by atoms with Crippen LogP contribution in [0.5, 0.6) is 0 Å². The highest BCUT2D eigenvalue weighted by atomic mass is 16.2. The first-order chi connectivity index (χ1) is 10.3. The molecule has 0 spiro atoms. The molecule has 0 unspecified atom stereocenters. The van der Waals surface area contributed by atoms with Gasteiger partial charge in [-0.3, -0.25) is 4.98 Å². The molecule has 0 bridgehead atoms. The average molecular weight is 282 g/mol. The molecule has 0 aliphatic heterocycles. The predicted octanol–water partition coefficient (Wildman–Crippen LogP) is 3.46. The Bertz CT molecular complexity index is 549. The van der Waals surface area contributed by atoms with Crippen molar-refractivity contribution < 1.29 is 5.11 Å². The summed E-state index contributed by atoms with van der Waals surface area (Å²) in [5, 5.41) is 8.81. The lowest BCUT2D eigenvalue weighted by atomic mass is 10.1. The number of benzene rings is 1. The van der Waals surface area contributed by atoms with Crippen molar-refractivity contribution in [2.75, 3.05) is 25.1 Å². The molecule has 21 heavy (non-hydrogen) atoms. The van der Waals surface area contributed by atoms with E-state index in [1.54, 1.807) is 12.4 Å². The van der Waals surface area contributed by atoms with Gasteiger partial charge in [-0.15, -0.1) is 0 Å². The number of hydrogen-bond acceptors (Lipinski definition) is 3. The SMILES string of the molecule is CN(CCCCO)c1ccc(/C=C/c2ccncc2)cc1. The van der Waals surface area contributed by atoms with Crippen LogP contribution in [0.3, 0.4) is 0 Å². The molecule has 0 radical (unpaired) electrons. The van der Waals surface area contributed by atoms with E-state index in [1.807, 2.05) is 12.1 Å². The molecule has 0 amide bonds. The fourth-order valence-corrected chi connectivity index (χ4v) is 2.10. The Labute approximate surface area is 126 Å².